The molecule has 0 aliphatic rings. The Morgan fingerprint density at radius 3 is 2.62 bits per heavy atom. The van der Waals surface area contributed by atoms with Crippen molar-refractivity contribution in [3.63, 3.8) is 0 Å². The van der Waals surface area contributed by atoms with Crippen molar-refractivity contribution in [1.82, 2.24) is 0 Å². The topological polar surface area (TPSA) is 35.5 Å². The lowest BCUT2D eigenvalue weighted by Gasteiger charge is -2.19. The van der Waals surface area contributed by atoms with Crippen LogP contribution in [0.5, 0.6) is 5.75 Å². The van der Waals surface area contributed by atoms with E-state index in [-0.39, 0.29) is 6.61 Å². The molecule has 0 saturated heterocycles. The van der Waals surface area contributed by atoms with Gasteiger partial charge in [0.15, 0.2) is 6.61 Å². The lowest BCUT2D eigenvalue weighted by atomic mass is 10.2. The summed E-state index contributed by atoms with van der Waals surface area (Å²) < 4.78 is 10.3. The van der Waals surface area contributed by atoms with Crippen molar-refractivity contribution in [2.45, 2.75) is 26.4 Å². The number of benzene rings is 1. The first-order chi connectivity index (χ1) is 7.37. The van der Waals surface area contributed by atoms with E-state index in [1.165, 1.54) is 0 Å². The van der Waals surface area contributed by atoms with Crippen LogP contribution in [0.1, 0.15) is 20.8 Å². The zero-order valence-corrected chi connectivity index (χ0v) is 10.4. The van der Waals surface area contributed by atoms with Gasteiger partial charge in [-0.3, -0.25) is 0 Å². The molecule has 0 atom stereocenters. The Balaban J connectivity index is 2.43. The fraction of sp³-hybridized carbons (Fsp3) is 0.417. The molecule has 0 aliphatic heterocycles. The van der Waals surface area contributed by atoms with E-state index in [0.717, 1.165) is 0 Å². The second-order valence-electron chi connectivity index (χ2n) is 4.33. The van der Waals surface area contributed by atoms with Gasteiger partial charge in [-0.2, -0.15) is 0 Å². The van der Waals surface area contributed by atoms with Gasteiger partial charge in [-0.05, 0) is 39.0 Å². The highest BCUT2D eigenvalue weighted by atomic mass is 35.5. The molecule has 0 heterocycles. The van der Waals surface area contributed by atoms with Gasteiger partial charge in [-0.25, -0.2) is 4.79 Å². The summed E-state index contributed by atoms with van der Waals surface area (Å²) in [7, 11) is 0. The Bertz CT molecular complexity index is 369. The van der Waals surface area contributed by atoms with Crippen LogP contribution in [-0.4, -0.2) is 18.2 Å². The first-order valence-corrected chi connectivity index (χ1v) is 5.35. The molecule has 0 spiro atoms. The van der Waals surface area contributed by atoms with E-state index in [0.29, 0.717) is 10.8 Å². The van der Waals surface area contributed by atoms with Gasteiger partial charge in [-0.15, -0.1) is 0 Å². The van der Waals surface area contributed by atoms with Crippen molar-refractivity contribution in [1.29, 1.82) is 0 Å². The average molecular weight is 243 g/mol. The van der Waals surface area contributed by atoms with Crippen LogP contribution in [-0.2, 0) is 9.53 Å². The lowest BCUT2D eigenvalue weighted by molar-refractivity contribution is -0.157. The predicted molar refractivity (Wildman–Crippen MR) is 62.8 cm³/mol. The molecule has 88 valence electrons. The third-order valence-corrected chi connectivity index (χ3v) is 1.81. The van der Waals surface area contributed by atoms with E-state index in [4.69, 9.17) is 21.1 Å². The quantitative estimate of drug-likeness (QED) is 0.765. The minimum atomic E-state index is -0.491. The zero-order chi connectivity index (χ0) is 12.2. The smallest absolute Gasteiger partial charge is 0.344 e. The number of rotatable bonds is 3. The Hall–Kier alpha value is -1.22. The second kappa shape index (κ2) is 5.21. The maximum absolute atomic E-state index is 11.3. The van der Waals surface area contributed by atoms with Crippen molar-refractivity contribution >= 4 is 17.6 Å². The molecule has 0 aromatic heterocycles. The van der Waals surface area contributed by atoms with E-state index < -0.39 is 11.6 Å². The maximum Gasteiger partial charge on any atom is 0.344 e. The molecule has 0 fully saturated rings. The van der Waals surface area contributed by atoms with Crippen LogP contribution in [0.25, 0.3) is 0 Å². The molecule has 0 unspecified atom stereocenters. The van der Waals surface area contributed by atoms with Crippen molar-refractivity contribution in [3.8, 4) is 5.75 Å². The Morgan fingerprint density at radius 1 is 1.38 bits per heavy atom. The standard InChI is InChI=1S/C12H15ClO3/c1-12(2,3)16-11(14)8-15-10-6-4-5-9(13)7-10/h4-7H,8H2,1-3H3. The highest BCUT2D eigenvalue weighted by Gasteiger charge is 2.16. The SMILES string of the molecule is CC(C)(C)OC(=O)COc1cccc(Cl)c1. The summed E-state index contributed by atoms with van der Waals surface area (Å²) in [5.41, 5.74) is -0.491. The molecule has 0 saturated carbocycles. The van der Waals surface area contributed by atoms with Crippen molar-refractivity contribution < 1.29 is 14.3 Å². The summed E-state index contributed by atoms with van der Waals surface area (Å²) in [5.74, 6) is 0.158. The summed E-state index contributed by atoms with van der Waals surface area (Å²) in [6.45, 7) is 5.32. The third-order valence-electron chi connectivity index (χ3n) is 1.57. The summed E-state index contributed by atoms with van der Waals surface area (Å²) >= 11 is 5.77. The average Bonchev–Trinajstić information content (AvgIpc) is 2.12. The van der Waals surface area contributed by atoms with E-state index in [1.54, 1.807) is 24.3 Å². The number of carbonyl (C=O) groups is 1. The summed E-state index contributed by atoms with van der Waals surface area (Å²) in [6, 6.07) is 6.87. The number of hydrogen-bond acceptors (Lipinski definition) is 3. The summed E-state index contributed by atoms with van der Waals surface area (Å²) in [5, 5.41) is 0.571. The van der Waals surface area contributed by atoms with Crippen LogP contribution in [0.4, 0.5) is 0 Å². The first kappa shape index (κ1) is 12.8. The Labute approximate surface area is 100 Å². The zero-order valence-electron chi connectivity index (χ0n) is 9.62. The number of carbonyl (C=O) groups excluding carboxylic acids is 1. The molecule has 1 aromatic carbocycles. The monoisotopic (exact) mass is 242 g/mol. The maximum atomic E-state index is 11.3. The van der Waals surface area contributed by atoms with Crippen LogP contribution in [0, 0.1) is 0 Å². The highest BCUT2D eigenvalue weighted by Crippen LogP contribution is 2.17. The molecule has 1 rings (SSSR count). The van der Waals surface area contributed by atoms with Gasteiger partial charge in [-0.1, -0.05) is 17.7 Å². The number of esters is 1. The van der Waals surface area contributed by atoms with E-state index in [2.05, 4.69) is 0 Å². The molecule has 0 amide bonds. The van der Waals surface area contributed by atoms with Gasteiger partial charge in [0.25, 0.3) is 0 Å². The Morgan fingerprint density at radius 2 is 2.06 bits per heavy atom. The molecular weight excluding hydrogens is 228 g/mol. The minimum absolute atomic E-state index is 0.113. The lowest BCUT2D eigenvalue weighted by Crippen LogP contribution is -2.27. The molecule has 4 heteroatoms. The predicted octanol–water partition coefficient (Wildman–Crippen LogP) is 3.06. The summed E-state index contributed by atoms with van der Waals surface area (Å²) in [4.78, 5) is 11.3. The molecule has 16 heavy (non-hydrogen) atoms. The molecule has 0 N–H and O–H groups in total. The molecule has 0 aliphatic carbocycles. The number of hydrogen-bond donors (Lipinski definition) is 0. The number of ether oxygens (including phenoxy) is 2. The van der Waals surface area contributed by atoms with Crippen LogP contribution in [0.2, 0.25) is 5.02 Å². The molecular formula is C12H15ClO3. The molecule has 0 radical (unpaired) electrons. The Kier molecular flexibility index (Phi) is 4.19. The van der Waals surface area contributed by atoms with Crippen LogP contribution >= 0.6 is 11.6 Å². The van der Waals surface area contributed by atoms with Gasteiger partial charge in [0.2, 0.25) is 0 Å². The fourth-order valence-electron chi connectivity index (χ4n) is 1.07. The van der Waals surface area contributed by atoms with Gasteiger partial charge in [0.1, 0.15) is 11.4 Å². The van der Waals surface area contributed by atoms with E-state index in [1.807, 2.05) is 20.8 Å². The molecule has 1 aromatic rings. The minimum Gasteiger partial charge on any atom is -0.482 e. The van der Waals surface area contributed by atoms with Gasteiger partial charge < -0.3 is 9.47 Å². The van der Waals surface area contributed by atoms with Crippen LogP contribution < -0.4 is 4.74 Å². The molecule has 3 nitrogen and oxygen atoms in total. The van der Waals surface area contributed by atoms with Crippen LogP contribution in [0.3, 0.4) is 0 Å². The fourth-order valence-corrected chi connectivity index (χ4v) is 1.25. The van der Waals surface area contributed by atoms with Gasteiger partial charge in [0.05, 0.1) is 0 Å². The second-order valence-corrected chi connectivity index (χ2v) is 4.77. The summed E-state index contributed by atoms with van der Waals surface area (Å²) in [6.07, 6.45) is 0. The third kappa shape index (κ3) is 5.03. The van der Waals surface area contributed by atoms with Gasteiger partial charge in [0, 0.05) is 5.02 Å². The normalized spacial score (nSPS) is 11.0. The van der Waals surface area contributed by atoms with Crippen LogP contribution in [0.15, 0.2) is 24.3 Å². The van der Waals surface area contributed by atoms with Crippen molar-refractivity contribution in [2.24, 2.45) is 0 Å². The van der Waals surface area contributed by atoms with Crippen molar-refractivity contribution in [2.75, 3.05) is 6.61 Å². The van der Waals surface area contributed by atoms with Gasteiger partial charge >= 0.3 is 5.97 Å². The van der Waals surface area contributed by atoms with Crippen molar-refractivity contribution in [3.05, 3.63) is 29.3 Å². The molecule has 0 bridgehead atoms. The van der Waals surface area contributed by atoms with E-state index in [9.17, 15) is 4.79 Å². The first-order valence-electron chi connectivity index (χ1n) is 4.97. The largest absolute Gasteiger partial charge is 0.482 e. The highest BCUT2D eigenvalue weighted by molar-refractivity contribution is 6.30. The van der Waals surface area contributed by atoms with E-state index >= 15 is 0 Å². The number of halogens is 1.